The molecule has 0 bridgehead atoms. The summed E-state index contributed by atoms with van der Waals surface area (Å²) in [6, 6.07) is 9.14. The summed E-state index contributed by atoms with van der Waals surface area (Å²) in [4.78, 5) is 1.49. The van der Waals surface area contributed by atoms with Crippen molar-refractivity contribution >= 4 is 11.8 Å². The summed E-state index contributed by atoms with van der Waals surface area (Å²) >= 11 is 2.06. The fraction of sp³-hybridized carbons (Fsp3) is 0.500. The second kappa shape index (κ2) is 5.50. The molecular formula is C16H21NS. The van der Waals surface area contributed by atoms with Crippen LogP contribution in [0.1, 0.15) is 37.7 Å². The molecule has 1 aliphatic carbocycles. The summed E-state index contributed by atoms with van der Waals surface area (Å²) in [5, 5.41) is 0.735. The van der Waals surface area contributed by atoms with Crippen molar-refractivity contribution in [1.82, 2.24) is 0 Å². The van der Waals surface area contributed by atoms with E-state index in [1.807, 2.05) is 0 Å². The molecule has 0 radical (unpaired) electrons. The lowest BCUT2D eigenvalue weighted by molar-refractivity contribution is 0.652. The van der Waals surface area contributed by atoms with Gasteiger partial charge in [-0.2, -0.15) is 0 Å². The maximum absolute atomic E-state index is 6.10. The van der Waals surface area contributed by atoms with Crippen LogP contribution in [0.15, 0.2) is 40.8 Å². The van der Waals surface area contributed by atoms with Gasteiger partial charge in [0.05, 0.1) is 0 Å². The zero-order valence-corrected chi connectivity index (χ0v) is 11.6. The summed E-state index contributed by atoms with van der Waals surface area (Å²) in [6.07, 6.45) is 9.85. The van der Waals surface area contributed by atoms with Crippen LogP contribution in [-0.4, -0.2) is 11.3 Å². The van der Waals surface area contributed by atoms with Crippen LogP contribution in [0.4, 0.5) is 0 Å². The summed E-state index contributed by atoms with van der Waals surface area (Å²) in [5.74, 6) is 0. The van der Waals surface area contributed by atoms with Gasteiger partial charge in [-0.25, -0.2) is 0 Å². The number of nitrogens with two attached hydrogens (primary N) is 1. The standard InChI is InChI=1S/C16H21NS/c17-14-7-3-1-5-12(9-14)10-15-11-13-6-2-4-8-16(13)18-15/h2,4,6,8-9,14-15H,1,3,5,7,10-11,17H2. The lowest BCUT2D eigenvalue weighted by atomic mass is 10.0. The molecule has 1 nitrogen and oxygen atoms in total. The second-order valence-electron chi connectivity index (χ2n) is 5.49. The topological polar surface area (TPSA) is 26.0 Å². The fourth-order valence-electron chi connectivity index (χ4n) is 3.03. The van der Waals surface area contributed by atoms with Crippen molar-refractivity contribution in [3.8, 4) is 0 Å². The van der Waals surface area contributed by atoms with Crippen molar-refractivity contribution in [2.45, 2.75) is 54.7 Å². The summed E-state index contributed by atoms with van der Waals surface area (Å²) in [5.41, 5.74) is 9.24. The van der Waals surface area contributed by atoms with Gasteiger partial charge >= 0.3 is 0 Å². The van der Waals surface area contributed by atoms with Crippen molar-refractivity contribution in [1.29, 1.82) is 0 Å². The SMILES string of the molecule is NC1C=C(CC2Cc3ccccc3S2)CCCC1. The average Bonchev–Trinajstić information content (AvgIpc) is 2.65. The summed E-state index contributed by atoms with van der Waals surface area (Å²) in [7, 11) is 0. The van der Waals surface area contributed by atoms with Crippen molar-refractivity contribution in [2.24, 2.45) is 5.73 Å². The molecule has 0 saturated carbocycles. The van der Waals surface area contributed by atoms with E-state index >= 15 is 0 Å². The third-order valence-electron chi connectivity index (χ3n) is 3.94. The molecule has 2 aliphatic rings. The Labute approximate surface area is 114 Å². The Hall–Kier alpha value is -0.730. The number of fused-ring (bicyclic) bond motifs is 1. The highest BCUT2D eigenvalue weighted by Crippen LogP contribution is 2.40. The number of allylic oxidation sites excluding steroid dienone is 1. The smallest absolute Gasteiger partial charge is 0.0226 e. The summed E-state index contributed by atoms with van der Waals surface area (Å²) in [6.45, 7) is 0. The summed E-state index contributed by atoms with van der Waals surface area (Å²) < 4.78 is 0. The quantitative estimate of drug-likeness (QED) is 0.815. The van der Waals surface area contributed by atoms with E-state index in [4.69, 9.17) is 5.73 Å². The zero-order valence-electron chi connectivity index (χ0n) is 10.8. The van der Waals surface area contributed by atoms with Crippen LogP contribution in [0.2, 0.25) is 0 Å². The second-order valence-corrected chi connectivity index (χ2v) is 6.83. The van der Waals surface area contributed by atoms with Crippen LogP contribution in [-0.2, 0) is 6.42 Å². The number of thioether (sulfide) groups is 1. The van der Waals surface area contributed by atoms with Gasteiger partial charge in [-0.3, -0.25) is 0 Å². The molecule has 1 aromatic carbocycles. The van der Waals surface area contributed by atoms with Crippen LogP contribution in [0.5, 0.6) is 0 Å². The maximum atomic E-state index is 6.10. The third-order valence-corrected chi connectivity index (χ3v) is 5.26. The first kappa shape index (κ1) is 12.3. The van der Waals surface area contributed by atoms with E-state index in [9.17, 15) is 0 Å². The minimum absolute atomic E-state index is 0.302. The first-order valence-corrected chi connectivity index (χ1v) is 7.89. The molecule has 18 heavy (non-hydrogen) atoms. The first-order chi connectivity index (χ1) is 8.81. The van der Waals surface area contributed by atoms with Gasteiger partial charge in [0.25, 0.3) is 0 Å². The third kappa shape index (κ3) is 2.81. The Kier molecular flexibility index (Phi) is 3.76. The molecule has 2 N–H and O–H groups in total. The Bertz CT molecular complexity index is 427. The van der Waals surface area contributed by atoms with Gasteiger partial charge in [0.15, 0.2) is 0 Å². The van der Waals surface area contributed by atoms with E-state index in [-0.39, 0.29) is 0 Å². The number of hydrogen-bond donors (Lipinski definition) is 1. The molecule has 1 aliphatic heterocycles. The van der Waals surface area contributed by atoms with Gasteiger partial charge in [0.1, 0.15) is 0 Å². The molecule has 1 heterocycles. The van der Waals surface area contributed by atoms with Gasteiger partial charge in [-0.05, 0) is 43.7 Å². The number of rotatable bonds is 2. The minimum atomic E-state index is 0.302. The minimum Gasteiger partial charge on any atom is -0.324 e. The average molecular weight is 259 g/mol. The Morgan fingerprint density at radius 2 is 2.11 bits per heavy atom. The van der Waals surface area contributed by atoms with Gasteiger partial charge < -0.3 is 5.73 Å². The number of hydrogen-bond acceptors (Lipinski definition) is 2. The van der Waals surface area contributed by atoms with E-state index in [0.29, 0.717) is 6.04 Å². The van der Waals surface area contributed by atoms with E-state index < -0.39 is 0 Å². The highest BCUT2D eigenvalue weighted by Gasteiger charge is 2.23. The highest BCUT2D eigenvalue weighted by atomic mass is 32.2. The Morgan fingerprint density at radius 3 is 3.00 bits per heavy atom. The fourth-order valence-corrected chi connectivity index (χ4v) is 4.41. The molecule has 2 atom stereocenters. The monoisotopic (exact) mass is 259 g/mol. The zero-order chi connectivity index (χ0) is 12.4. The predicted molar refractivity (Wildman–Crippen MR) is 78.9 cm³/mol. The van der Waals surface area contributed by atoms with E-state index in [2.05, 4.69) is 42.1 Å². The molecule has 2 unspecified atom stereocenters. The van der Waals surface area contributed by atoms with Gasteiger partial charge in [0, 0.05) is 16.2 Å². The van der Waals surface area contributed by atoms with E-state index in [1.165, 1.54) is 49.0 Å². The first-order valence-electron chi connectivity index (χ1n) is 7.01. The Balaban J connectivity index is 1.65. The molecule has 0 amide bonds. The molecule has 0 spiro atoms. The van der Waals surface area contributed by atoms with Gasteiger partial charge in [-0.15, -0.1) is 11.8 Å². The van der Waals surface area contributed by atoms with Crippen LogP contribution in [0.25, 0.3) is 0 Å². The van der Waals surface area contributed by atoms with Crippen molar-refractivity contribution < 1.29 is 0 Å². The molecular weight excluding hydrogens is 238 g/mol. The van der Waals surface area contributed by atoms with Crippen molar-refractivity contribution in [2.75, 3.05) is 0 Å². The van der Waals surface area contributed by atoms with Crippen LogP contribution >= 0.6 is 11.8 Å². The van der Waals surface area contributed by atoms with E-state index in [0.717, 1.165) is 5.25 Å². The highest BCUT2D eigenvalue weighted by molar-refractivity contribution is 8.00. The molecule has 0 aromatic heterocycles. The molecule has 2 heteroatoms. The maximum Gasteiger partial charge on any atom is 0.0226 e. The van der Waals surface area contributed by atoms with Gasteiger partial charge in [-0.1, -0.05) is 36.3 Å². The van der Waals surface area contributed by atoms with E-state index in [1.54, 1.807) is 5.57 Å². The van der Waals surface area contributed by atoms with Crippen molar-refractivity contribution in [3.05, 3.63) is 41.5 Å². The predicted octanol–water partition coefficient (Wildman–Crippen LogP) is 3.92. The lowest BCUT2D eigenvalue weighted by Gasteiger charge is -2.12. The molecule has 1 aromatic rings. The molecule has 3 rings (SSSR count). The normalized spacial score (nSPS) is 27.5. The van der Waals surface area contributed by atoms with Crippen LogP contribution < -0.4 is 5.73 Å². The molecule has 96 valence electrons. The van der Waals surface area contributed by atoms with Crippen molar-refractivity contribution in [3.63, 3.8) is 0 Å². The molecule has 0 saturated heterocycles. The largest absolute Gasteiger partial charge is 0.324 e. The van der Waals surface area contributed by atoms with Gasteiger partial charge in [0.2, 0.25) is 0 Å². The lowest BCUT2D eigenvalue weighted by Crippen LogP contribution is -2.16. The number of benzene rings is 1. The van der Waals surface area contributed by atoms with Crippen LogP contribution in [0.3, 0.4) is 0 Å². The molecule has 0 fully saturated rings. The van der Waals surface area contributed by atoms with Crippen LogP contribution in [0, 0.1) is 0 Å². The Morgan fingerprint density at radius 1 is 1.22 bits per heavy atom.